The second-order valence-electron chi connectivity index (χ2n) is 4.75. The van der Waals surface area contributed by atoms with Crippen LogP contribution in [0, 0.1) is 5.41 Å². The van der Waals surface area contributed by atoms with Gasteiger partial charge in [0.25, 0.3) is 0 Å². The normalized spacial score (nSPS) is 22.8. The number of hydrogen-bond donors (Lipinski definition) is 0. The lowest BCUT2D eigenvalue weighted by Gasteiger charge is -2.32. The van der Waals surface area contributed by atoms with Crippen LogP contribution in [0.5, 0.6) is 0 Å². The Morgan fingerprint density at radius 1 is 1.36 bits per heavy atom. The third kappa shape index (κ3) is 2.73. The van der Waals surface area contributed by atoms with Crippen molar-refractivity contribution >= 4 is 5.97 Å². The van der Waals surface area contributed by atoms with Crippen LogP contribution in [-0.4, -0.2) is 12.1 Å². The number of ether oxygens (including phenoxy) is 1. The van der Waals surface area contributed by atoms with Crippen molar-refractivity contribution in [2.45, 2.75) is 65.4 Å². The molecule has 1 unspecified atom stereocenters. The first-order chi connectivity index (χ1) is 6.58. The molecular formula is C12H22O2. The molecule has 1 rings (SSSR count). The number of hydrogen-bond acceptors (Lipinski definition) is 2. The highest BCUT2D eigenvalue weighted by Crippen LogP contribution is 2.37. The molecule has 1 fully saturated rings. The number of rotatable bonds is 3. The predicted octanol–water partition coefficient (Wildman–Crippen LogP) is 3.30. The van der Waals surface area contributed by atoms with E-state index in [2.05, 4.69) is 6.92 Å². The van der Waals surface area contributed by atoms with Crippen LogP contribution in [0.1, 0.15) is 59.3 Å². The average molecular weight is 198 g/mol. The highest BCUT2D eigenvalue weighted by Gasteiger charge is 2.36. The quantitative estimate of drug-likeness (QED) is 0.650. The summed E-state index contributed by atoms with van der Waals surface area (Å²) >= 11 is 0. The first-order valence-electron chi connectivity index (χ1n) is 5.79. The molecule has 0 amide bonds. The summed E-state index contributed by atoms with van der Waals surface area (Å²) in [4.78, 5) is 11.9. The van der Waals surface area contributed by atoms with Crippen LogP contribution in [0.15, 0.2) is 0 Å². The lowest BCUT2D eigenvalue weighted by molar-refractivity contribution is -0.161. The van der Waals surface area contributed by atoms with Gasteiger partial charge < -0.3 is 4.74 Å². The van der Waals surface area contributed by atoms with Gasteiger partial charge in [0, 0.05) is 0 Å². The van der Waals surface area contributed by atoms with Crippen LogP contribution in [0.2, 0.25) is 0 Å². The zero-order valence-corrected chi connectivity index (χ0v) is 9.64. The van der Waals surface area contributed by atoms with Crippen LogP contribution < -0.4 is 0 Å². The monoisotopic (exact) mass is 198 g/mol. The van der Waals surface area contributed by atoms with Crippen LogP contribution in [0.4, 0.5) is 0 Å². The van der Waals surface area contributed by atoms with Crippen LogP contribution in [0.25, 0.3) is 0 Å². The molecule has 1 atom stereocenters. The summed E-state index contributed by atoms with van der Waals surface area (Å²) in [5.41, 5.74) is -0.193. The lowest BCUT2D eigenvalue weighted by Crippen LogP contribution is -2.34. The third-order valence-corrected chi connectivity index (χ3v) is 3.33. The summed E-state index contributed by atoms with van der Waals surface area (Å²) in [6, 6.07) is 0. The van der Waals surface area contributed by atoms with Crippen molar-refractivity contribution in [1.82, 2.24) is 0 Å². The van der Waals surface area contributed by atoms with Crippen molar-refractivity contribution in [3.8, 4) is 0 Å². The summed E-state index contributed by atoms with van der Waals surface area (Å²) in [6.07, 6.45) is 6.60. The topological polar surface area (TPSA) is 26.3 Å². The second-order valence-corrected chi connectivity index (χ2v) is 4.75. The fraction of sp³-hybridized carbons (Fsp3) is 0.917. The van der Waals surface area contributed by atoms with Crippen molar-refractivity contribution in [2.24, 2.45) is 5.41 Å². The number of esters is 1. The molecule has 0 saturated heterocycles. The van der Waals surface area contributed by atoms with Gasteiger partial charge in [-0.25, -0.2) is 0 Å². The summed E-state index contributed by atoms with van der Waals surface area (Å²) in [6.45, 7) is 6.06. The molecule has 1 saturated carbocycles. The maximum atomic E-state index is 11.9. The summed E-state index contributed by atoms with van der Waals surface area (Å²) in [7, 11) is 0. The SMILES string of the molecule is CCC(C)OC(=O)C1(C)CCCCC1. The van der Waals surface area contributed by atoms with Gasteiger partial charge in [0.05, 0.1) is 11.5 Å². The van der Waals surface area contributed by atoms with Gasteiger partial charge in [-0.3, -0.25) is 4.79 Å². The largest absolute Gasteiger partial charge is 0.462 e. The van der Waals surface area contributed by atoms with Gasteiger partial charge in [-0.15, -0.1) is 0 Å². The van der Waals surface area contributed by atoms with Crippen LogP contribution in [0.3, 0.4) is 0 Å². The molecule has 0 spiro atoms. The Hall–Kier alpha value is -0.530. The Kier molecular flexibility index (Phi) is 3.97. The molecule has 1 aliphatic carbocycles. The lowest BCUT2D eigenvalue weighted by atomic mass is 9.76. The molecule has 0 aliphatic heterocycles. The van der Waals surface area contributed by atoms with E-state index in [4.69, 9.17) is 4.74 Å². The smallest absolute Gasteiger partial charge is 0.312 e. The molecule has 0 aromatic carbocycles. The minimum Gasteiger partial charge on any atom is -0.462 e. The second kappa shape index (κ2) is 4.81. The Morgan fingerprint density at radius 2 is 1.93 bits per heavy atom. The molecule has 1 aliphatic rings. The van der Waals surface area contributed by atoms with E-state index >= 15 is 0 Å². The molecule has 0 heterocycles. The average Bonchev–Trinajstić information content (AvgIpc) is 2.18. The van der Waals surface area contributed by atoms with Gasteiger partial charge in [0.2, 0.25) is 0 Å². The summed E-state index contributed by atoms with van der Waals surface area (Å²) in [5, 5.41) is 0. The van der Waals surface area contributed by atoms with Gasteiger partial charge in [-0.05, 0) is 33.1 Å². The first-order valence-corrected chi connectivity index (χ1v) is 5.79. The van der Waals surface area contributed by atoms with Gasteiger partial charge in [-0.2, -0.15) is 0 Å². The maximum Gasteiger partial charge on any atom is 0.312 e. The van der Waals surface area contributed by atoms with E-state index in [0.717, 1.165) is 19.3 Å². The molecule has 14 heavy (non-hydrogen) atoms. The van der Waals surface area contributed by atoms with Crippen molar-refractivity contribution in [3.63, 3.8) is 0 Å². The van der Waals surface area contributed by atoms with Gasteiger partial charge >= 0.3 is 5.97 Å². The van der Waals surface area contributed by atoms with E-state index in [0.29, 0.717) is 0 Å². The number of carbonyl (C=O) groups excluding carboxylic acids is 1. The molecular weight excluding hydrogens is 176 g/mol. The van der Waals surface area contributed by atoms with E-state index in [1.807, 2.05) is 13.8 Å². The Bertz CT molecular complexity index is 192. The highest BCUT2D eigenvalue weighted by molar-refractivity contribution is 5.76. The summed E-state index contributed by atoms with van der Waals surface area (Å²) in [5.74, 6) is 0.0200. The molecule has 0 N–H and O–H groups in total. The van der Waals surface area contributed by atoms with E-state index in [1.165, 1.54) is 19.3 Å². The molecule has 0 aromatic heterocycles. The van der Waals surface area contributed by atoms with Gasteiger partial charge in [0.1, 0.15) is 0 Å². The standard InChI is InChI=1S/C12H22O2/c1-4-10(2)14-11(13)12(3)8-6-5-7-9-12/h10H,4-9H2,1-3H3. The number of carbonyl (C=O) groups is 1. The minimum absolute atomic E-state index is 0.0200. The zero-order chi connectivity index (χ0) is 10.6. The first kappa shape index (κ1) is 11.5. The molecule has 0 aromatic rings. The molecule has 0 radical (unpaired) electrons. The molecule has 82 valence electrons. The van der Waals surface area contributed by atoms with Crippen LogP contribution >= 0.6 is 0 Å². The Labute approximate surface area is 87.0 Å². The fourth-order valence-corrected chi connectivity index (χ4v) is 1.94. The van der Waals surface area contributed by atoms with Crippen molar-refractivity contribution in [2.75, 3.05) is 0 Å². The highest BCUT2D eigenvalue weighted by atomic mass is 16.5. The van der Waals surface area contributed by atoms with E-state index < -0.39 is 0 Å². The van der Waals surface area contributed by atoms with Crippen molar-refractivity contribution < 1.29 is 9.53 Å². The Morgan fingerprint density at radius 3 is 2.43 bits per heavy atom. The van der Waals surface area contributed by atoms with Crippen molar-refractivity contribution in [3.05, 3.63) is 0 Å². The minimum atomic E-state index is -0.193. The van der Waals surface area contributed by atoms with E-state index in [1.54, 1.807) is 0 Å². The zero-order valence-electron chi connectivity index (χ0n) is 9.64. The fourth-order valence-electron chi connectivity index (χ4n) is 1.94. The third-order valence-electron chi connectivity index (χ3n) is 3.33. The summed E-state index contributed by atoms with van der Waals surface area (Å²) < 4.78 is 5.40. The van der Waals surface area contributed by atoms with Crippen molar-refractivity contribution in [1.29, 1.82) is 0 Å². The van der Waals surface area contributed by atoms with E-state index in [-0.39, 0.29) is 17.5 Å². The molecule has 2 heteroatoms. The van der Waals surface area contributed by atoms with Gasteiger partial charge in [0.15, 0.2) is 0 Å². The Balaban J connectivity index is 2.49. The van der Waals surface area contributed by atoms with Crippen LogP contribution in [-0.2, 0) is 9.53 Å². The molecule has 0 bridgehead atoms. The van der Waals surface area contributed by atoms with Gasteiger partial charge in [-0.1, -0.05) is 26.2 Å². The van der Waals surface area contributed by atoms with E-state index in [9.17, 15) is 4.79 Å². The predicted molar refractivity (Wildman–Crippen MR) is 57.0 cm³/mol. The maximum absolute atomic E-state index is 11.9. The molecule has 2 nitrogen and oxygen atoms in total.